The van der Waals surface area contributed by atoms with Crippen molar-refractivity contribution in [1.82, 2.24) is 0 Å². The number of nitrogens with one attached hydrogen (secondary N) is 1. The van der Waals surface area contributed by atoms with Gasteiger partial charge in [0.2, 0.25) is 0 Å². The second-order valence-electron chi connectivity index (χ2n) is 4.58. The zero-order chi connectivity index (χ0) is 12.8. The smallest absolute Gasteiger partial charge is 0.144 e. The van der Waals surface area contributed by atoms with Crippen LogP contribution in [-0.2, 0) is 4.74 Å². The van der Waals surface area contributed by atoms with Gasteiger partial charge in [-0.2, -0.15) is 0 Å². The summed E-state index contributed by atoms with van der Waals surface area (Å²) in [6, 6.07) is 5.84. The van der Waals surface area contributed by atoms with E-state index in [0.717, 1.165) is 43.9 Å². The predicted octanol–water partition coefficient (Wildman–Crippen LogP) is 2.65. The maximum Gasteiger partial charge on any atom is 0.144 e. The van der Waals surface area contributed by atoms with Gasteiger partial charge in [-0.1, -0.05) is 13.0 Å². The van der Waals surface area contributed by atoms with E-state index in [-0.39, 0.29) is 0 Å². The van der Waals surface area contributed by atoms with Crippen LogP contribution in [0.25, 0.3) is 0 Å². The average Bonchev–Trinajstić information content (AvgIpc) is 2.89. The molecule has 1 unspecified atom stereocenters. The molecule has 1 aliphatic heterocycles. The Morgan fingerprint density at radius 2 is 2.39 bits per heavy atom. The van der Waals surface area contributed by atoms with Crippen molar-refractivity contribution in [2.24, 2.45) is 0 Å². The van der Waals surface area contributed by atoms with E-state index in [2.05, 4.69) is 12.2 Å². The van der Waals surface area contributed by atoms with Crippen LogP contribution in [0.4, 0.5) is 11.4 Å². The Morgan fingerprint density at radius 1 is 1.50 bits per heavy atom. The molecule has 100 valence electrons. The Bertz CT molecular complexity index is 376. The number of ether oxygens (including phenoxy) is 2. The monoisotopic (exact) mass is 250 g/mol. The van der Waals surface area contributed by atoms with Crippen molar-refractivity contribution in [2.45, 2.75) is 32.3 Å². The molecule has 3 N–H and O–H groups in total. The van der Waals surface area contributed by atoms with Crippen molar-refractivity contribution in [1.29, 1.82) is 0 Å². The highest BCUT2D eigenvalue weighted by Gasteiger charge is 2.15. The van der Waals surface area contributed by atoms with Crippen molar-refractivity contribution in [3.05, 3.63) is 18.2 Å². The minimum atomic E-state index is 0.310. The van der Waals surface area contributed by atoms with Crippen LogP contribution >= 0.6 is 0 Å². The summed E-state index contributed by atoms with van der Waals surface area (Å²) in [6.07, 6.45) is 3.57. The summed E-state index contributed by atoms with van der Waals surface area (Å²) < 4.78 is 11.2. The summed E-state index contributed by atoms with van der Waals surface area (Å²) in [4.78, 5) is 0. The molecule has 18 heavy (non-hydrogen) atoms. The molecule has 0 amide bonds. The van der Waals surface area contributed by atoms with E-state index < -0.39 is 0 Å². The lowest BCUT2D eigenvalue weighted by atomic mass is 10.2. The van der Waals surface area contributed by atoms with Gasteiger partial charge in [-0.3, -0.25) is 0 Å². The minimum Gasteiger partial charge on any atom is -0.491 e. The summed E-state index contributed by atoms with van der Waals surface area (Å²) >= 11 is 0. The highest BCUT2D eigenvalue weighted by atomic mass is 16.5. The quantitative estimate of drug-likeness (QED) is 0.762. The van der Waals surface area contributed by atoms with Crippen molar-refractivity contribution in [2.75, 3.05) is 30.8 Å². The third-order valence-electron chi connectivity index (χ3n) is 3.07. The fraction of sp³-hybridized carbons (Fsp3) is 0.571. The molecular weight excluding hydrogens is 228 g/mol. The molecule has 0 aliphatic carbocycles. The van der Waals surface area contributed by atoms with Gasteiger partial charge in [0.05, 0.1) is 24.1 Å². The first-order valence-corrected chi connectivity index (χ1v) is 6.68. The third-order valence-corrected chi connectivity index (χ3v) is 3.07. The van der Waals surface area contributed by atoms with Crippen LogP contribution in [0.1, 0.15) is 26.2 Å². The number of nitrogens with two attached hydrogens (primary N) is 1. The topological polar surface area (TPSA) is 56.5 Å². The molecule has 4 nitrogen and oxygen atoms in total. The van der Waals surface area contributed by atoms with Crippen LogP contribution < -0.4 is 15.8 Å². The minimum absolute atomic E-state index is 0.310. The number of rotatable bonds is 6. The van der Waals surface area contributed by atoms with Crippen molar-refractivity contribution in [3.8, 4) is 5.75 Å². The van der Waals surface area contributed by atoms with Crippen LogP contribution in [-0.4, -0.2) is 25.9 Å². The molecule has 1 aromatic carbocycles. The lowest BCUT2D eigenvalue weighted by Crippen LogP contribution is -2.19. The average molecular weight is 250 g/mol. The Hall–Kier alpha value is -1.42. The van der Waals surface area contributed by atoms with Gasteiger partial charge in [0.1, 0.15) is 5.75 Å². The lowest BCUT2D eigenvalue weighted by Gasteiger charge is -2.15. The van der Waals surface area contributed by atoms with Gasteiger partial charge in [-0.05, 0) is 31.4 Å². The van der Waals surface area contributed by atoms with E-state index in [0.29, 0.717) is 18.4 Å². The Morgan fingerprint density at radius 3 is 3.11 bits per heavy atom. The van der Waals surface area contributed by atoms with Crippen molar-refractivity contribution >= 4 is 11.4 Å². The SMILES string of the molecule is CCCOc1cccc(NCC2CCCO2)c1N. The number of hydrogen-bond donors (Lipinski definition) is 2. The van der Waals surface area contributed by atoms with Crippen molar-refractivity contribution < 1.29 is 9.47 Å². The number of hydrogen-bond acceptors (Lipinski definition) is 4. The predicted molar refractivity (Wildman–Crippen MR) is 74.1 cm³/mol. The van der Waals surface area contributed by atoms with Crippen LogP contribution in [0, 0.1) is 0 Å². The largest absolute Gasteiger partial charge is 0.491 e. The third kappa shape index (κ3) is 3.29. The highest BCUT2D eigenvalue weighted by molar-refractivity contribution is 5.72. The number of para-hydroxylation sites is 1. The molecule has 0 saturated carbocycles. The molecule has 1 aromatic rings. The number of benzene rings is 1. The van der Waals surface area contributed by atoms with E-state index in [1.165, 1.54) is 0 Å². The molecule has 1 saturated heterocycles. The summed E-state index contributed by atoms with van der Waals surface area (Å²) in [5.41, 5.74) is 7.69. The van der Waals surface area contributed by atoms with Crippen molar-refractivity contribution in [3.63, 3.8) is 0 Å². The first kappa shape index (κ1) is 13.0. The zero-order valence-corrected chi connectivity index (χ0v) is 10.9. The standard InChI is InChI=1S/C14H22N2O2/c1-2-8-18-13-7-3-6-12(14(13)15)16-10-11-5-4-9-17-11/h3,6-7,11,16H,2,4-5,8-10,15H2,1H3. The van der Waals surface area contributed by atoms with E-state index >= 15 is 0 Å². The van der Waals surface area contributed by atoms with Gasteiger partial charge >= 0.3 is 0 Å². The van der Waals surface area contributed by atoms with Gasteiger partial charge in [0, 0.05) is 13.2 Å². The summed E-state index contributed by atoms with van der Waals surface area (Å²) in [5.74, 6) is 0.759. The van der Waals surface area contributed by atoms with Crippen LogP contribution in [0.5, 0.6) is 5.75 Å². The van der Waals surface area contributed by atoms with Gasteiger partial charge in [-0.15, -0.1) is 0 Å². The van der Waals surface area contributed by atoms with Gasteiger partial charge in [0.25, 0.3) is 0 Å². The van der Waals surface area contributed by atoms with Gasteiger partial charge in [-0.25, -0.2) is 0 Å². The van der Waals surface area contributed by atoms with Gasteiger partial charge in [0.15, 0.2) is 0 Å². The Labute approximate surface area is 108 Å². The molecule has 0 bridgehead atoms. The molecule has 2 rings (SSSR count). The number of nitrogen functional groups attached to an aromatic ring is 1. The van der Waals surface area contributed by atoms with Crippen LogP contribution in [0.15, 0.2) is 18.2 Å². The maximum absolute atomic E-state index is 6.08. The normalized spacial score (nSPS) is 18.8. The second kappa shape index (κ2) is 6.50. The molecule has 4 heteroatoms. The molecule has 1 heterocycles. The highest BCUT2D eigenvalue weighted by Crippen LogP contribution is 2.29. The Kier molecular flexibility index (Phi) is 4.70. The summed E-state index contributed by atoms with van der Waals surface area (Å²) in [7, 11) is 0. The molecule has 0 radical (unpaired) electrons. The Balaban J connectivity index is 1.94. The fourth-order valence-corrected chi connectivity index (χ4v) is 2.07. The van der Waals surface area contributed by atoms with E-state index in [1.54, 1.807) is 0 Å². The summed E-state index contributed by atoms with van der Waals surface area (Å²) in [5, 5.41) is 3.34. The second-order valence-corrected chi connectivity index (χ2v) is 4.58. The van der Waals surface area contributed by atoms with Crippen LogP contribution in [0.2, 0.25) is 0 Å². The lowest BCUT2D eigenvalue weighted by molar-refractivity contribution is 0.120. The molecule has 1 fully saturated rings. The van der Waals surface area contributed by atoms with Gasteiger partial charge < -0.3 is 20.5 Å². The molecule has 0 spiro atoms. The molecule has 1 atom stereocenters. The first-order chi connectivity index (χ1) is 8.81. The van der Waals surface area contributed by atoms with Crippen LogP contribution in [0.3, 0.4) is 0 Å². The van der Waals surface area contributed by atoms with E-state index in [1.807, 2.05) is 18.2 Å². The van der Waals surface area contributed by atoms with E-state index in [9.17, 15) is 0 Å². The molecule has 0 aromatic heterocycles. The molecular formula is C14H22N2O2. The first-order valence-electron chi connectivity index (χ1n) is 6.68. The number of anilines is 2. The zero-order valence-electron chi connectivity index (χ0n) is 10.9. The maximum atomic E-state index is 6.08. The van der Waals surface area contributed by atoms with E-state index in [4.69, 9.17) is 15.2 Å². The molecule has 1 aliphatic rings. The summed E-state index contributed by atoms with van der Waals surface area (Å²) in [6.45, 7) is 4.46. The fourth-order valence-electron chi connectivity index (χ4n) is 2.07.